The molecule has 24 heavy (non-hydrogen) atoms. The molecule has 2 aromatic rings. The minimum atomic E-state index is -0.520. The van der Waals surface area contributed by atoms with Gasteiger partial charge in [-0.15, -0.1) is 0 Å². The third-order valence-electron chi connectivity index (χ3n) is 3.72. The number of hydrogen-bond acceptors (Lipinski definition) is 4. The van der Waals surface area contributed by atoms with Gasteiger partial charge >= 0.3 is 5.97 Å². The number of nitro benzene ring substituents is 1. The lowest BCUT2D eigenvalue weighted by Crippen LogP contribution is -2.16. The van der Waals surface area contributed by atoms with Gasteiger partial charge in [-0.2, -0.15) is 0 Å². The van der Waals surface area contributed by atoms with Crippen molar-refractivity contribution in [3.8, 4) is 5.75 Å². The van der Waals surface area contributed by atoms with Crippen LogP contribution in [-0.4, -0.2) is 10.9 Å². The normalized spacial score (nSPS) is 12.0. The van der Waals surface area contributed by atoms with E-state index in [1.54, 1.807) is 6.92 Å². The molecule has 126 valence electrons. The fourth-order valence-corrected chi connectivity index (χ4v) is 2.41. The molecule has 0 bridgehead atoms. The van der Waals surface area contributed by atoms with Crippen LogP contribution in [0.4, 0.5) is 5.69 Å². The molecule has 5 nitrogen and oxygen atoms in total. The molecule has 0 amide bonds. The summed E-state index contributed by atoms with van der Waals surface area (Å²) in [7, 11) is 0. The molecular formula is C19H21NO4. The highest BCUT2D eigenvalue weighted by molar-refractivity contribution is 5.80. The number of carbonyl (C=O) groups is 1. The summed E-state index contributed by atoms with van der Waals surface area (Å²) in [5.41, 5.74) is 1.98. The highest BCUT2D eigenvalue weighted by Crippen LogP contribution is 2.23. The average molecular weight is 327 g/mol. The summed E-state index contributed by atoms with van der Waals surface area (Å²) in [5.74, 6) is -0.131. The molecule has 2 rings (SSSR count). The molecule has 0 radical (unpaired) electrons. The van der Waals surface area contributed by atoms with Crippen molar-refractivity contribution in [2.75, 3.05) is 0 Å². The van der Waals surface area contributed by atoms with Gasteiger partial charge in [0, 0.05) is 6.07 Å². The van der Waals surface area contributed by atoms with Crippen LogP contribution in [0.2, 0.25) is 0 Å². The van der Waals surface area contributed by atoms with E-state index in [4.69, 9.17) is 4.74 Å². The van der Waals surface area contributed by atoms with Crippen molar-refractivity contribution in [2.24, 2.45) is 5.92 Å². The van der Waals surface area contributed by atoms with Crippen molar-refractivity contribution >= 4 is 11.7 Å². The number of rotatable bonds is 6. The van der Waals surface area contributed by atoms with Gasteiger partial charge < -0.3 is 4.74 Å². The van der Waals surface area contributed by atoms with E-state index in [-0.39, 0.29) is 11.4 Å². The Hall–Kier alpha value is -2.69. The molecule has 0 aliphatic rings. The zero-order valence-electron chi connectivity index (χ0n) is 14.1. The van der Waals surface area contributed by atoms with Gasteiger partial charge in [-0.3, -0.25) is 14.9 Å². The molecule has 5 heteroatoms. The maximum absolute atomic E-state index is 12.3. The van der Waals surface area contributed by atoms with Crippen LogP contribution >= 0.6 is 0 Å². The molecule has 0 spiro atoms. The summed E-state index contributed by atoms with van der Waals surface area (Å²) >= 11 is 0. The summed E-state index contributed by atoms with van der Waals surface area (Å²) in [6.45, 7) is 6.08. The molecule has 0 aliphatic heterocycles. The number of non-ortho nitro benzene ring substituents is 1. The zero-order chi connectivity index (χ0) is 17.7. The SMILES string of the molecule is CC(C)Cc1ccc(C(C)C(=O)Oc2cccc([N+](=O)[O-])c2)cc1. The third kappa shape index (κ3) is 4.65. The van der Waals surface area contributed by atoms with Crippen molar-refractivity contribution in [3.63, 3.8) is 0 Å². The Balaban J connectivity index is 2.06. The van der Waals surface area contributed by atoms with E-state index in [0.29, 0.717) is 5.92 Å². The van der Waals surface area contributed by atoms with Crippen LogP contribution in [0, 0.1) is 16.0 Å². The van der Waals surface area contributed by atoms with E-state index in [1.165, 1.54) is 29.8 Å². The second-order valence-electron chi connectivity index (χ2n) is 6.24. The standard InChI is InChI=1S/C19H21NO4/c1-13(2)11-15-7-9-16(10-8-15)14(3)19(21)24-18-6-4-5-17(12-18)20(22)23/h4-10,12-14H,11H2,1-3H3. The maximum Gasteiger partial charge on any atom is 0.318 e. The van der Waals surface area contributed by atoms with E-state index in [1.807, 2.05) is 24.3 Å². The molecule has 0 fully saturated rings. The maximum atomic E-state index is 12.3. The van der Waals surface area contributed by atoms with Gasteiger partial charge in [0.2, 0.25) is 0 Å². The van der Waals surface area contributed by atoms with Crippen molar-refractivity contribution in [3.05, 3.63) is 69.8 Å². The Morgan fingerprint density at radius 1 is 1.12 bits per heavy atom. The van der Waals surface area contributed by atoms with E-state index in [2.05, 4.69) is 13.8 Å². The van der Waals surface area contributed by atoms with E-state index < -0.39 is 16.8 Å². The predicted octanol–water partition coefficient (Wildman–Crippen LogP) is 4.50. The van der Waals surface area contributed by atoms with Crippen molar-refractivity contribution in [1.29, 1.82) is 0 Å². The van der Waals surface area contributed by atoms with Crippen LogP contribution < -0.4 is 4.74 Å². The molecular weight excluding hydrogens is 306 g/mol. The van der Waals surface area contributed by atoms with Crippen LogP contribution in [0.15, 0.2) is 48.5 Å². The van der Waals surface area contributed by atoms with Crippen LogP contribution in [0.5, 0.6) is 5.75 Å². The number of carbonyl (C=O) groups excluding carboxylic acids is 1. The summed E-state index contributed by atoms with van der Waals surface area (Å²) in [5, 5.41) is 10.8. The molecule has 2 aromatic carbocycles. The van der Waals surface area contributed by atoms with Crippen LogP contribution in [0.25, 0.3) is 0 Å². The molecule has 0 aromatic heterocycles. The van der Waals surface area contributed by atoms with Gasteiger partial charge in [-0.05, 0) is 36.5 Å². The van der Waals surface area contributed by atoms with E-state index >= 15 is 0 Å². The third-order valence-corrected chi connectivity index (χ3v) is 3.72. The Labute approximate surface area is 141 Å². The van der Waals surface area contributed by atoms with Gasteiger partial charge in [0.1, 0.15) is 5.75 Å². The lowest BCUT2D eigenvalue weighted by Gasteiger charge is -2.12. The molecule has 0 saturated heterocycles. The molecule has 1 unspecified atom stereocenters. The summed E-state index contributed by atoms with van der Waals surface area (Å²) in [6.07, 6.45) is 0.993. The van der Waals surface area contributed by atoms with Crippen molar-refractivity contribution in [2.45, 2.75) is 33.1 Å². The number of benzene rings is 2. The smallest absolute Gasteiger partial charge is 0.318 e. The number of nitrogens with zero attached hydrogens (tertiary/aromatic N) is 1. The minimum absolute atomic E-state index is 0.106. The highest BCUT2D eigenvalue weighted by atomic mass is 16.6. The fraction of sp³-hybridized carbons (Fsp3) is 0.316. The van der Waals surface area contributed by atoms with Crippen LogP contribution in [0.1, 0.15) is 37.8 Å². The Bertz CT molecular complexity index is 722. The summed E-state index contributed by atoms with van der Waals surface area (Å²) < 4.78 is 5.27. The van der Waals surface area contributed by atoms with Crippen molar-refractivity contribution in [1.82, 2.24) is 0 Å². The van der Waals surface area contributed by atoms with Gasteiger partial charge in [0.25, 0.3) is 5.69 Å². The Kier molecular flexibility index (Phi) is 5.68. The largest absolute Gasteiger partial charge is 0.426 e. The van der Waals surface area contributed by atoms with Gasteiger partial charge in [-0.1, -0.05) is 44.2 Å². The van der Waals surface area contributed by atoms with E-state index in [0.717, 1.165) is 12.0 Å². The minimum Gasteiger partial charge on any atom is -0.426 e. The molecule has 1 atom stereocenters. The molecule has 0 heterocycles. The Morgan fingerprint density at radius 3 is 2.38 bits per heavy atom. The summed E-state index contributed by atoms with van der Waals surface area (Å²) in [4.78, 5) is 22.5. The first-order valence-corrected chi connectivity index (χ1v) is 7.92. The Morgan fingerprint density at radius 2 is 1.79 bits per heavy atom. The first kappa shape index (κ1) is 17.7. The van der Waals surface area contributed by atoms with Crippen LogP contribution in [-0.2, 0) is 11.2 Å². The van der Waals surface area contributed by atoms with Crippen LogP contribution in [0.3, 0.4) is 0 Å². The number of esters is 1. The van der Waals surface area contributed by atoms with E-state index in [9.17, 15) is 14.9 Å². The number of ether oxygens (including phenoxy) is 1. The number of nitro groups is 1. The fourth-order valence-electron chi connectivity index (χ4n) is 2.41. The zero-order valence-corrected chi connectivity index (χ0v) is 14.1. The average Bonchev–Trinajstić information content (AvgIpc) is 2.54. The monoisotopic (exact) mass is 327 g/mol. The molecule has 0 N–H and O–H groups in total. The molecule has 0 saturated carbocycles. The quantitative estimate of drug-likeness (QED) is 0.339. The number of hydrogen-bond donors (Lipinski definition) is 0. The predicted molar refractivity (Wildman–Crippen MR) is 92.1 cm³/mol. The van der Waals surface area contributed by atoms with Gasteiger partial charge in [0.05, 0.1) is 16.9 Å². The first-order chi connectivity index (χ1) is 11.4. The first-order valence-electron chi connectivity index (χ1n) is 7.92. The van der Waals surface area contributed by atoms with Crippen molar-refractivity contribution < 1.29 is 14.5 Å². The lowest BCUT2D eigenvalue weighted by molar-refractivity contribution is -0.384. The topological polar surface area (TPSA) is 69.4 Å². The second kappa shape index (κ2) is 7.73. The second-order valence-corrected chi connectivity index (χ2v) is 6.24. The molecule has 0 aliphatic carbocycles. The van der Waals surface area contributed by atoms with Gasteiger partial charge in [0.15, 0.2) is 0 Å². The van der Waals surface area contributed by atoms with Gasteiger partial charge in [-0.25, -0.2) is 0 Å². The lowest BCUT2D eigenvalue weighted by atomic mass is 9.97. The summed E-state index contributed by atoms with van der Waals surface area (Å²) in [6, 6.07) is 13.5. The highest BCUT2D eigenvalue weighted by Gasteiger charge is 2.18.